The zero-order valence-corrected chi connectivity index (χ0v) is 21.3. The topological polar surface area (TPSA) is 52.7 Å². The van der Waals surface area contributed by atoms with E-state index in [0.717, 1.165) is 5.56 Å². The van der Waals surface area contributed by atoms with Gasteiger partial charge >= 0.3 is 0 Å². The second-order valence-electron chi connectivity index (χ2n) is 9.51. The van der Waals surface area contributed by atoms with Crippen molar-refractivity contribution < 1.29 is 14.0 Å². The third-order valence-electron chi connectivity index (χ3n) is 6.90. The highest BCUT2D eigenvalue weighted by molar-refractivity contribution is 6.30. The largest absolute Gasteiger partial charge is 0.324 e. The molecule has 2 amide bonds. The lowest BCUT2D eigenvalue weighted by atomic mass is 9.83. The van der Waals surface area contributed by atoms with Gasteiger partial charge in [-0.05, 0) is 74.7 Å². The van der Waals surface area contributed by atoms with Crippen molar-refractivity contribution in [3.63, 3.8) is 0 Å². The number of amides is 2. The molecule has 36 heavy (non-hydrogen) atoms. The van der Waals surface area contributed by atoms with Gasteiger partial charge in [-0.3, -0.25) is 9.59 Å². The van der Waals surface area contributed by atoms with Crippen LogP contribution in [0.15, 0.2) is 78.9 Å². The minimum Gasteiger partial charge on any atom is -0.324 e. The first-order chi connectivity index (χ1) is 17.3. The van der Waals surface area contributed by atoms with E-state index in [2.05, 4.69) is 24.1 Å². The van der Waals surface area contributed by atoms with Gasteiger partial charge in [0.1, 0.15) is 11.4 Å². The fraction of sp³-hybridized carbons (Fsp3) is 0.310. The molecular weight excluding hydrogens is 477 g/mol. The van der Waals surface area contributed by atoms with Crippen molar-refractivity contribution in [3.05, 3.63) is 101 Å². The van der Waals surface area contributed by atoms with Crippen molar-refractivity contribution in [1.82, 2.24) is 9.80 Å². The number of nitrogens with zero attached hydrogens (tertiary/aromatic N) is 2. The second kappa shape index (κ2) is 11.2. The quantitative estimate of drug-likeness (QED) is 0.426. The van der Waals surface area contributed by atoms with Gasteiger partial charge in [0.25, 0.3) is 5.91 Å². The highest BCUT2D eigenvalue weighted by Gasteiger charge is 2.48. The number of likely N-dealkylation sites (tertiary alicyclic amines) is 1. The summed E-state index contributed by atoms with van der Waals surface area (Å²) in [7, 11) is 0. The Morgan fingerprint density at radius 1 is 1.00 bits per heavy atom. The molecule has 1 heterocycles. The third-order valence-corrected chi connectivity index (χ3v) is 7.15. The monoisotopic (exact) mass is 507 g/mol. The number of carbonyl (C=O) groups is 2. The molecule has 1 fully saturated rings. The Bertz CT molecular complexity index is 1190. The van der Waals surface area contributed by atoms with Crippen LogP contribution in [0.25, 0.3) is 0 Å². The maximum absolute atomic E-state index is 14.1. The van der Waals surface area contributed by atoms with E-state index in [0.29, 0.717) is 42.7 Å². The van der Waals surface area contributed by atoms with Crippen molar-refractivity contribution in [3.8, 4) is 0 Å². The lowest BCUT2D eigenvalue weighted by molar-refractivity contribution is -0.130. The average Bonchev–Trinajstić information content (AvgIpc) is 2.88. The van der Waals surface area contributed by atoms with Crippen LogP contribution >= 0.6 is 11.6 Å². The first-order valence-electron chi connectivity index (χ1n) is 12.2. The molecule has 3 aromatic carbocycles. The van der Waals surface area contributed by atoms with E-state index in [1.165, 1.54) is 18.2 Å². The Hall–Kier alpha value is -3.22. The molecule has 0 aromatic heterocycles. The number of hydrogen-bond acceptors (Lipinski definition) is 3. The molecule has 0 unspecified atom stereocenters. The number of benzene rings is 3. The van der Waals surface area contributed by atoms with E-state index in [1.807, 2.05) is 42.5 Å². The Balaban J connectivity index is 1.77. The van der Waals surface area contributed by atoms with E-state index < -0.39 is 11.4 Å². The molecule has 1 aliphatic rings. The van der Waals surface area contributed by atoms with Crippen LogP contribution in [-0.2, 0) is 11.3 Å². The first kappa shape index (κ1) is 25.9. The molecule has 0 saturated carbocycles. The van der Waals surface area contributed by atoms with Crippen LogP contribution in [0.3, 0.4) is 0 Å². The normalized spacial score (nSPS) is 15.5. The maximum atomic E-state index is 14.1. The van der Waals surface area contributed by atoms with E-state index in [9.17, 15) is 14.0 Å². The van der Waals surface area contributed by atoms with Crippen LogP contribution in [0.5, 0.6) is 0 Å². The van der Waals surface area contributed by atoms with E-state index >= 15 is 0 Å². The van der Waals surface area contributed by atoms with Gasteiger partial charge in [-0.15, -0.1) is 0 Å². The standard InChI is InChI=1S/C29H31ClFN3O2/c1-21(2)33-17-15-29(16-18-33,28(36)32-26-9-4-3-5-10-26)34(20-22-11-13-24(30)14-12-22)27(35)23-7-6-8-25(31)19-23/h3-14,19,21H,15-18,20H2,1-2H3,(H,32,36). The third kappa shape index (κ3) is 5.77. The van der Waals surface area contributed by atoms with E-state index in [-0.39, 0.29) is 23.9 Å². The molecular formula is C29H31ClFN3O2. The zero-order chi connectivity index (χ0) is 25.7. The Morgan fingerprint density at radius 2 is 1.67 bits per heavy atom. The molecule has 0 bridgehead atoms. The summed E-state index contributed by atoms with van der Waals surface area (Å²) in [6, 6.07) is 22.4. The summed E-state index contributed by atoms with van der Waals surface area (Å²) in [4.78, 5) is 32.0. The fourth-order valence-electron chi connectivity index (χ4n) is 4.77. The molecule has 1 aliphatic heterocycles. The number of piperidine rings is 1. The molecule has 0 spiro atoms. The average molecular weight is 508 g/mol. The second-order valence-corrected chi connectivity index (χ2v) is 9.95. The van der Waals surface area contributed by atoms with Gasteiger partial charge in [0.05, 0.1) is 0 Å². The highest BCUT2D eigenvalue weighted by Crippen LogP contribution is 2.34. The molecule has 0 radical (unpaired) electrons. The molecule has 5 nitrogen and oxygen atoms in total. The van der Waals surface area contributed by atoms with E-state index in [1.54, 1.807) is 23.1 Å². The van der Waals surface area contributed by atoms with Crippen molar-refractivity contribution in [2.75, 3.05) is 18.4 Å². The van der Waals surface area contributed by atoms with Crippen molar-refractivity contribution in [2.24, 2.45) is 0 Å². The molecule has 0 aliphatic carbocycles. The molecule has 3 aromatic rings. The number of anilines is 1. The van der Waals surface area contributed by atoms with Crippen molar-refractivity contribution in [1.29, 1.82) is 0 Å². The van der Waals surface area contributed by atoms with Gasteiger partial charge in [0, 0.05) is 41.9 Å². The number of carbonyl (C=O) groups excluding carboxylic acids is 2. The van der Waals surface area contributed by atoms with E-state index in [4.69, 9.17) is 11.6 Å². The summed E-state index contributed by atoms with van der Waals surface area (Å²) in [5.41, 5.74) is 0.590. The molecule has 4 rings (SSSR count). The van der Waals surface area contributed by atoms with Crippen LogP contribution in [-0.4, -0.2) is 46.3 Å². The summed E-state index contributed by atoms with van der Waals surface area (Å²) in [6.07, 6.45) is 0.914. The number of nitrogens with one attached hydrogen (secondary N) is 1. The summed E-state index contributed by atoms with van der Waals surface area (Å²) >= 11 is 6.09. The van der Waals surface area contributed by atoms with Crippen LogP contribution in [0.4, 0.5) is 10.1 Å². The Morgan fingerprint density at radius 3 is 2.28 bits per heavy atom. The zero-order valence-electron chi connectivity index (χ0n) is 20.6. The Kier molecular flexibility index (Phi) is 8.07. The van der Waals surface area contributed by atoms with Crippen LogP contribution < -0.4 is 5.32 Å². The summed E-state index contributed by atoms with van der Waals surface area (Å²) in [5.74, 6) is -1.12. The smallest absolute Gasteiger partial charge is 0.255 e. The van der Waals surface area contributed by atoms with Gasteiger partial charge < -0.3 is 15.1 Å². The van der Waals surface area contributed by atoms with Crippen LogP contribution in [0.1, 0.15) is 42.6 Å². The number of rotatable bonds is 7. The molecule has 188 valence electrons. The Labute approximate surface area is 216 Å². The minimum atomic E-state index is -1.12. The maximum Gasteiger partial charge on any atom is 0.255 e. The van der Waals surface area contributed by atoms with Gasteiger partial charge in [0.15, 0.2) is 0 Å². The summed E-state index contributed by atoms with van der Waals surface area (Å²) in [5, 5.41) is 3.63. The molecule has 1 saturated heterocycles. The lowest BCUT2D eigenvalue weighted by Crippen LogP contribution is -2.63. The highest BCUT2D eigenvalue weighted by atomic mass is 35.5. The first-order valence-corrected chi connectivity index (χ1v) is 12.6. The summed E-state index contributed by atoms with van der Waals surface area (Å²) in [6.45, 7) is 5.76. The predicted molar refractivity (Wildman–Crippen MR) is 141 cm³/mol. The van der Waals surface area contributed by atoms with Gasteiger partial charge in [-0.25, -0.2) is 4.39 Å². The number of halogens is 2. The molecule has 7 heteroatoms. The molecule has 1 N–H and O–H groups in total. The predicted octanol–water partition coefficient (Wildman–Crippen LogP) is 6.00. The molecule has 0 atom stereocenters. The SMILES string of the molecule is CC(C)N1CCC(C(=O)Nc2ccccc2)(N(Cc2ccc(Cl)cc2)C(=O)c2cccc(F)c2)CC1. The van der Waals surface area contributed by atoms with Crippen molar-refractivity contribution in [2.45, 2.75) is 44.8 Å². The van der Waals surface area contributed by atoms with Gasteiger partial charge in [0.2, 0.25) is 5.91 Å². The lowest BCUT2D eigenvalue weighted by Gasteiger charge is -2.48. The number of hydrogen-bond donors (Lipinski definition) is 1. The number of para-hydroxylation sites is 1. The van der Waals surface area contributed by atoms with Gasteiger partial charge in [-0.2, -0.15) is 0 Å². The minimum absolute atomic E-state index is 0.191. The van der Waals surface area contributed by atoms with Gasteiger partial charge in [-0.1, -0.05) is 48.0 Å². The van der Waals surface area contributed by atoms with Crippen LogP contribution in [0, 0.1) is 5.82 Å². The van der Waals surface area contributed by atoms with Crippen LogP contribution in [0.2, 0.25) is 5.02 Å². The van der Waals surface area contributed by atoms with Crippen molar-refractivity contribution >= 4 is 29.1 Å². The summed E-state index contributed by atoms with van der Waals surface area (Å²) < 4.78 is 14.1. The fourth-order valence-corrected chi connectivity index (χ4v) is 4.89.